The Hall–Kier alpha value is -5.05. The first-order valence-corrected chi connectivity index (χ1v) is 10.5. The summed E-state index contributed by atoms with van der Waals surface area (Å²) < 4.78 is 0. The van der Waals surface area contributed by atoms with Crippen molar-refractivity contribution in [1.82, 2.24) is 9.97 Å². The molecule has 0 fully saturated rings. The number of anilines is 3. The van der Waals surface area contributed by atoms with Crippen molar-refractivity contribution < 1.29 is 24.6 Å². The van der Waals surface area contributed by atoms with Crippen molar-refractivity contribution in [3.05, 3.63) is 101 Å². The quantitative estimate of drug-likeness (QED) is 0.302. The highest BCUT2D eigenvalue weighted by molar-refractivity contribution is 6.06. The Morgan fingerprint density at radius 1 is 0.714 bits per heavy atom. The Morgan fingerprint density at radius 2 is 1.37 bits per heavy atom. The molecule has 4 rings (SSSR count). The first-order valence-electron chi connectivity index (χ1n) is 10.5. The van der Waals surface area contributed by atoms with Crippen molar-refractivity contribution in [2.45, 2.75) is 6.92 Å². The number of carboxylic acids is 2. The second kappa shape index (κ2) is 9.84. The minimum atomic E-state index is -1.30. The molecule has 1 heterocycles. The molecule has 0 atom stereocenters. The normalized spacial score (nSPS) is 10.4. The smallest absolute Gasteiger partial charge is 0.335 e. The van der Waals surface area contributed by atoms with E-state index in [2.05, 4.69) is 20.6 Å². The number of carbonyl (C=O) groups is 3. The van der Waals surface area contributed by atoms with Gasteiger partial charge in [-0.15, -0.1) is 0 Å². The standard InChI is InChI=1S/C26H20N4O5/c1-15-27-22(16-6-3-2-4-7-16)14-23(28-15)29-20-9-5-8-17(11-20)24(31)30-21-12-18(25(32)33)10-19(13-21)26(34)35/h2-14H,1H3,(H,30,31)(H,32,33)(H,34,35)(H,27,28,29). The van der Waals surface area contributed by atoms with E-state index in [9.17, 15) is 24.6 Å². The molecular weight excluding hydrogens is 448 g/mol. The summed E-state index contributed by atoms with van der Waals surface area (Å²) in [4.78, 5) is 44.3. The highest BCUT2D eigenvalue weighted by Crippen LogP contribution is 2.23. The van der Waals surface area contributed by atoms with Gasteiger partial charge in [-0.3, -0.25) is 4.79 Å². The van der Waals surface area contributed by atoms with E-state index in [0.717, 1.165) is 17.3 Å². The monoisotopic (exact) mass is 468 g/mol. The van der Waals surface area contributed by atoms with Crippen LogP contribution in [0.5, 0.6) is 0 Å². The van der Waals surface area contributed by atoms with E-state index >= 15 is 0 Å². The molecule has 0 radical (unpaired) electrons. The largest absolute Gasteiger partial charge is 0.478 e. The molecular formula is C26H20N4O5. The lowest BCUT2D eigenvalue weighted by Gasteiger charge is -2.11. The molecule has 1 aromatic heterocycles. The van der Waals surface area contributed by atoms with Crippen LogP contribution in [0.25, 0.3) is 11.3 Å². The predicted octanol–water partition coefficient (Wildman–Crippen LogP) is 4.84. The molecule has 0 saturated heterocycles. The summed E-state index contributed by atoms with van der Waals surface area (Å²) in [6.45, 7) is 1.79. The van der Waals surface area contributed by atoms with E-state index in [0.29, 0.717) is 17.3 Å². The van der Waals surface area contributed by atoms with Crippen molar-refractivity contribution >= 4 is 35.0 Å². The molecule has 0 aliphatic heterocycles. The van der Waals surface area contributed by atoms with Crippen molar-refractivity contribution in [3.63, 3.8) is 0 Å². The van der Waals surface area contributed by atoms with E-state index in [4.69, 9.17) is 0 Å². The fourth-order valence-corrected chi connectivity index (χ4v) is 3.42. The molecule has 9 nitrogen and oxygen atoms in total. The Bertz CT molecular complexity index is 1400. The first-order chi connectivity index (χ1) is 16.8. The van der Waals surface area contributed by atoms with Gasteiger partial charge in [0.2, 0.25) is 0 Å². The van der Waals surface area contributed by atoms with E-state index < -0.39 is 17.8 Å². The Kier molecular flexibility index (Phi) is 6.50. The SMILES string of the molecule is Cc1nc(Nc2cccc(C(=O)Nc3cc(C(=O)O)cc(C(=O)O)c3)c2)cc(-c2ccccc2)n1. The van der Waals surface area contributed by atoms with E-state index in [1.165, 1.54) is 12.1 Å². The van der Waals surface area contributed by atoms with Gasteiger partial charge in [-0.05, 0) is 43.3 Å². The average Bonchev–Trinajstić information content (AvgIpc) is 2.84. The number of nitrogens with zero attached hydrogens (tertiary/aromatic N) is 2. The summed E-state index contributed by atoms with van der Waals surface area (Å²) >= 11 is 0. The van der Waals surface area contributed by atoms with Gasteiger partial charge in [0, 0.05) is 28.6 Å². The second-order valence-corrected chi connectivity index (χ2v) is 7.62. The van der Waals surface area contributed by atoms with E-state index in [1.807, 2.05) is 30.3 Å². The lowest BCUT2D eigenvalue weighted by atomic mass is 10.1. The van der Waals surface area contributed by atoms with Crippen LogP contribution in [0, 0.1) is 6.92 Å². The molecule has 3 aromatic carbocycles. The average molecular weight is 468 g/mol. The number of carboxylic acid groups (broad SMARTS) is 2. The van der Waals surface area contributed by atoms with E-state index in [-0.39, 0.29) is 22.4 Å². The van der Waals surface area contributed by atoms with Gasteiger partial charge in [0.15, 0.2) is 0 Å². The molecule has 1 amide bonds. The molecule has 0 aliphatic rings. The third kappa shape index (κ3) is 5.66. The van der Waals surface area contributed by atoms with Gasteiger partial charge in [0.1, 0.15) is 11.6 Å². The maximum atomic E-state index is 12.8. The lowest BCUT2D eigenvalue weighted by Crippen LogP contribution is -2.14. The van der Waals surface area contributed by atoms with Gasteiger partial charge < -0.3 is 20.8 Å². The number of nitrogens with one attached hydrogen (secondary N) is 2. The highest BCUT2D eigenvalue weighted by atomic mass is 16.4. The van der Waals surface area contributed by atoms with Crippen LogP contribution in [0.2, 0.25) is 0 Å². The third-order valence-electron chi connectivity index (χ3n) is 4.99. The molecule has 0 aliphatic carbocycles. The topological polar surface area (TPSA) is 142 Å². The van der Waals surface area contributed by atoms with Crippen LogP contribution >= 0.6 is 0 Å². The number of aromatic nitrogens is 2. The van der Waals surface area contributed by atoms with Crippen LogP contribution in [0.15, 0.2) is 78.9 Å². The van der Waals surface area contributed by atoms with Crippen molar-refractivity contribution in [3.8, 4) is 11.3 Å². The number of aromatic carboxylic acids is 2. The van der Waals surface area contributed by atoms with Crippen LogP contribution in [-0.4, -0.2) is 38.0 Å². The Labute approximate surface area is 200 Å². The van der Waals surface area contributed by atoms with Crippen molar-refractivity contribution in [2.75, 3.05) is 10.6 Å². The summed E-state index contributed by atoms with van der Waals surface area (Å²) in [6, 6.07) is 21.5. The number of hydrogen-bond acceptors (Lipinski definition) is 6. The number of benzene rings is 3. The van der Waals surface area contributed by atoms with E-state index in [1.54, 1.807) is 37.3 Å². The fourth-order valence-electron chi connectivity index (χ4n) is 3.42. The fraction of sp³-hybridized carbons (Fsp3) is 0.0385. The molecule has 0 unspecified atom stereocenters. The number of amides is 1. The summed E-state index contributed by atoms with van der Waals surface area (Å²) in [5, 5.41) is 24.2. The zero-order valence-corrected chi connectivity index (χ0v) is 18.5. The maximum absolute atomic E-state index is 12.8. The zero-order valence-electron chi connectivity index (χ0n) is 18.5. The molecule has 0 saturated carbocycles. The van der Waals surface area contributed by atoms with Crippen LogP contribution in [-0.2, 0) is 0 Å². The summed E-state index contributed by atoms with van der Waals surface area (Å²) in [5.41, 5.74) is 2.14. The minimum Gasteiger partial charge on any atom is -0.478 e. The number of aryl methyl sites for hydroxylation is 1. The van der Waals surface area contributed by atoms with Gasteiger partial charge in [-0.1, -0.05) is 36.4 Å². The van der Waals surface area contributed by atoms with Crippen LogP contribution < -0.4 is 10.6 Å². The highest BCUT2D eigenvalue weighted by Gasteiger charge is 2.14. The van der Waals surface area contributed by atoms with Crippen LogP contribution in [0.3, 0.4) is 0 Å². The molecule has 174 valence electrons. The molecule has 35 heavy (non-hydrogen) atoms. The summed E-state index contributed by atoms with van der Waals surface area (Å²) in [6.07, 6.45) is 0. The maximum Gasteiger partial charge on any atom is 0.335 e. The number of rotatable bonds is 7. The third-order valence-corrected chi connectivity index (χ3v) is 4.99. The van der Waals surface area contributed by atoms with Gasteiger partial charge in [-0.2, -0.15) is 0 Å². The molecule has 0 spiro atoms. The Morgan fingerprint density at radius 3 is 2.03 bits per heavy atom. The number of hydrogen-bond donors (Lipinski definition) is 4. The molecule has 4 N–H and O–H groups in total. The van der Waals surface area contributed by atoms with Crippen LogP contribution in [0.4, 0.5) is 17.2 Å². The molecule has 4 aromatic rings. The first kappa shape index (κ1) is 23.1. The second-order valence-electron chi connectivity index (χ2n) is 7.62. The predicted molar refractivity (Wildman–Crippen MR) is 130 cm³/mol. The van der Waals surface area contributed by atoms with Crippen molar-refractivity contribution in [1.29, 1.82) is 0 Å². The van der Waals surface area contributed by atoms with Crippen molar-refractivity contribution in [2.24, 2.45) is 0 Å². The van der Waals surface area contributed by atoms with Gasteiger partial charge in [0.25, 0.3) is 5.91 Å². The number of carbonyl (C=O) groups excluding carboxylic acids is 1. The van der Waals surface area contributed by atoms with Gasteiger partial charge >= 0.3 is 11.9 Å². The Balaban J connectivity index is 1.56. The van der Waals surface area contributed by atoms with Gasteiger partial charge in [-0.25, -0.2) is 19.6 Å². The summed E-state index contributed by atoms with van der Waals surface area (Å²) in [7, 11) is 0. The summed E-state index contributed by atoms with van der Waals surface area (Å²) in [5.74, 6) is -2.00. The molecule has 9 heteroatoms. The minimum absolute atomic E-state index is 0.0598. The van der Waals surface area contributed by atoms with Crippen LogP contribution in [0.1, 0.15) is 36.9 Å². The molecule has 0 bridgehead atoms. The van der Waals surface area contributed by atoms with Gasteiger partial charge in [0.05, 0.1) is 16.8 Å². The zero-order chi connectivity index (χ0) is 24.9. The lowest BCUT2D eigenvalue weighted by molar-refractivity contribution is 0.0696.